The van der Waals surface area contributed by atoms with Crippen molar-refractivity contribution in [2.45, 2.75) is 32.6 Å². The highest BCUT2D eigenvalue weighted by molar-refractivity contribution is 5.65. The van der Waals surface area contributed by atoms with E-state index in [1.807, 2.05) is 0 Å². The first-order valence-corrected chi connectivity index (χ1v) is 7.45. The van der Waals surface area contributed by atoms with E-state index in [0.717, 1.165) is 11.8 Å². The van der Waals surface area contributed by atoms with Crippen LogP contribution in [0.1, 0.15) is 28.3 Å². The van der Waals surface area contributed by atoms with E-state index >= 15 is 0 Å². The Morgan fingerprint density at radius 1 is 1.33 bits per heavy atom. The second-order valence-corrected chi connectivity index (χ2v) is 5.75. The number of rotatable bonds is 2. The average Bonchev–Trinajstić information content (AvgIpc) is 2.82. The number of imidazole rings is 1. The Labute approximate surface area is 136 Å². The van der Waals surface area contributed by atoms with Crippen molar-refractivity contribution in [1.82, 2.24) is 14.5 Å². The fourth-order valence-corrected chi connectivity index (χ4v) is 3.06. The number of aromatic nitrogens is 2. The number of hydrogen-bond donors (Lipinski definition) is 1. The average molecular weight is 339 g/mol. The molecule has 0 saturated carbocycles. The summed E-state index contributed by atoms with van der Waals surface area (Å²) >= 11 is 0. The Morgan fingerprint density at radius 3 is 2.71 bits per heavy atom. The molecule has 1 amide bonds. The Hall–Kier alpha value is -2.51. The maximum Gasteiger partial charge on any atom is 0.416 e. The third-order valence-electron chi connectivity index (χ3n) is 4.23. The number of halogens is 3. The van der Waals surface area contributed by atoms with Crippen molar-refractivity contribution < 1.29 is 23.1 Å². The summed E-state index contributed by atoms with van der Waals surface area (Å²) in [6.45, 7) is 2.27. The van der Waals surface area contributed by atoms with Crippen LogP contribution < -0.4 is 0 Å². The predicted molar refractivity (Wildman–Crippen MR) is 79.6 cm³/mol. The van der Waals surface area contributed by atoms with Crippen molar-refractivity contribution in [3.05, 3.63) is 52.6 Å². The molecule has 0 aliphatic carbocycles. The Kier molecular flexibility index (Phi) is 3.98. The Morgan fingerprint density at radius 2 is 2.04 bits per heavy atom. The van der Waals surface area contributed by atoms with Gasteiger partial charge < -0.3 is 14.6 Å². The van der Waals surface area contributed by atoms with Crippen molar-refractivity contribution >= 4 is 6.09 Å². The van der Waals surface area contributed by atoms with E-state index in [1.54, 1.807) is 17.6 Å². The highest BCUT2D eigenvalue weighted by Gasteiger charge is 2.33. The van der Waals surface area contributed by atoms with Crippen LogP contribution in [0.15, 0.2) is 24.3 Å². The molecule has 0 unspecified atom stereocenters. The topological polar surface area (TPSA) is 58.4 Å². The fraction of sp³-hybridized carbons (Fsp3) is 0.375. The molecular formula is C16H16F3N3O2. The molecule has 1 aliphatic heterocycles. The third-order valence-corrected chi connectivity index (χ3v) is 4.23. The molecule has 128 valence electrons. The lowest BCUT2D eigenvalue weighted by molar-refractivity contribution is -0.138. The van der Waals surface area contributed by atoms with Gasteiger partial charge in [0, 0.05) is 25.2 Å². The van der Waals surface area contributed by atoms with Gasteiger partial charge in [-0.2, -0.15) is 13.2 Å². The van der Waals surface area contributed by atoms with Crippen molar-refractivity contribution in [3.63, 3.8) is 0 Å². The number of aryl methyl sites for hydroxylation is 1. The molecule has 0 atom stereocenters. The van der Waals surface area contributed by atoms with E-state index in [9.17, 15) is 18.0 Å². The van der Waals surface area contributed by atoms with E-state index in [4.69, 9.17) is 5.11 Å². The van der Waals surface area contributed by atoms with Crippen molar-refractivity contribution in [2.24, 2.45) is 0 Å². The Bertz CT molecular complexity index is 783. The molecule has 1 aliphatic rings. The van der Waals surface area contributed by atoms with Gasteiger partial charge >= 0.3 is 12.3 Å². The first-order chi connectivity index (χ1) is 11.3. The normalized spacial score (nSPS) is 14.6. The lowest BCUT2D eigenvalue weighted by Gasteiger charge is -2.24. The molecule has 1 aromatic heterocycles. The zero-order valence-corrected chi connectivity index (χ0v) is 13.0. The summed E-state index contributed by atoms with van der Waals surface area (Å²) in [5, 5.41) is 9.07. The summed E-state index contributed by atoms with van der Waals surface area (Å²) in [4.78, 5) is 16.7. The van der Waals surface area contributed by atoms with Gasteiger partial charge in [0.25, 0.3) is 0 Å². The molecule has 2 heterocycles. The SMILES string of the molecule is Cc1nc2c(n1Cc1ccccc1C(F)(F)F)CCN(C(=O)O)C2. The summed E-state index contributed by atoms with van der Waals surface area (Å²) in [5.41, 5.74) is 0.941. The van der Waals surface area contributed by atoms with E-state index < -0.39 is 17.8 Å². The third kappa shape index (κ3) is 2.95. The molecule has 0 bridgehead atoms. The minimum absolute atomic E-state index is 0.0664. The van der Waals surface area contributed by atoms with Crippen LogP contribution in [0.5, 0.6) is 0 Å². The van der Waals surface area contributed by atoms with Crippen LogP contribution in [-0.4, -0.2) is 32.2 Å². The molecular weight excluding hydrogens is 323 g/mol. The summed E-state index contributed by atoms with van der Waals surface area (Å²) in [6.07, 6.45) is -4.99. The van der Waals surface area contributed by atoms with Crippen LogP contribution in [0.25, 0.3) is 0 Å². The molecule has 0 saturated heterocycles. The van der Waals surface area contributed by atoms with Gasteiger partial charge in [-0.1, -0.05) is 18.2 Å². The van der Waals surface area contributed by atoms with Crippen LogP contribution >= 0.6 is 0 Å². The molecule has 2 aromatic rings. The summed E-state index contributed by atoms with van der Waals surface area (Å²) in [6, 6.07) is 5.48. The predicted octanol–water partition coefficient (Wildman–Crippen LogP) is 3.29. The maximum atomic E-state index is 13.2. The zero-order chi connectivity index (χ0) is 17.5. The van der Waals surface area contributed by atoms with Gasteiger partial charge in [-0.25, -0.2) is 9.78 Å². The standard InChI is InChI=1S/C16H16F3N3O2/c1-10-20-13-9-21(15(23)24)7-6-14(13)22(10)8-11-4-2-3-5-12(11)16(17,18)19/h2-5H,6-9H2,1H3,(H,23,24). The van der Waals surface area contributed by atoms with Crippen molar-refractivity contribution in [1.29, 1.82) is 0 Å². The quantitative estimate of drug-likeness (QED) is 0.913. The Balaban J connectivity index is 1.95. The molecule has 3 rings (SSSR count). The van der Waals surface area contributed by atoms with Crippen LogP contribution in [0.2, 0.25) is 0 Å². The van der Waals surface area contributed by atoms with E-state index in [-0.39, 0.29) is 18.7 Å². The van der Waals surface area contributed by atoms with Gasteiger partial charge in [-0.05, 0) is 18.6 Å². The molecule has 0 radical (unpaired) electrons. The molecule has 24 heavy (non-hydrogen) atoms. The number of benzene rings is 1. The molecule has 1 N–H and O–H groups in total. The number of amides is 1. The van der Waals surface area contributed by atoms with E-state index in [0.29, 0.717) is 24.5 Å². The van der Waals surface area contributed by atoms with Gasteiger partial charge in [0.2, 0.25) is 0 Å². The molecule has 1 aromatic carbocycles. The zero-order valence-electron chi connectivity index (χ0n) is 13.0. The minimum Gasteiger partial charge on any atom is -0.465 e. The maximum absolute atomic E-state index is 13.2. The number of carboxylic acid groups (broad SMARTS) is 1. The van der Waals surface area contributed by atoms with Crippen LogP contribution in [-0.2, 0) is 25.7 Å². The highest BCUT2D eigenvalue weighted by atomic mass is 19.4. The van der Waals surface area contributed by atoms with Gasteiger partial charge in [-0.15, -0.1) is 0 Å². The highest BCUT2D eigenvalue weighted by Crippen LogP contribution is 2.33. The van der Waals surface area contributed by atoms with Gasteiger partial charge in [0.05, 0.1) is 17.8 Å². The number of alkyl halides is 3. The van der Waals surface area contributed by atoms with E-state index in [1.165, 1.54) is 17.0 Å². The monoisotopic (exact) mass is 339 g/mol. The number of hydrogen-bond acceptors (Lipinski definition) is 2. The van der Waals surface area contributed by atoms with Gasteiger partial charge in [0.1, 0.15) is 5.82 Å². The largest absolute Gasteiger partial charge is 0.465 e. The second-order valence-electron chi connectivity index (χ2n) is 5.75. The van der Waals surface area contributed by atoms with Crippen LogP contribution in [0.4, 0.5) is 18.0 Å². The molecule has 0 fully saturated rings. The smallest absolute Gasteiger partial charge is 0.416 e. The van der Waals surface area contributed by atoms with Crippen molar-refractivity contribution in [3.8, 4) is 0 Å². The van der Waals surface area contributed by atoms with E-state index in [2.05, 4.69) is 4.98 Å². The molecule has 5 nitrogen and oxygen atoms in total. The minimum atomic E-state index is -4.41. The van der Waals surface area contributed by atoms with Gasteiger partial charge in [-0.3, -0.25) is 0 Å². The summed E-state index contributed by atoms with van der Waals surface area (Å²) in [7, 11) is 0. The van der Waals surface area contributed by atoms with Crippen LogP contribution in [0, 0.1) is 6.92 Å². The van der Waals surface area contributed by atoms with Crippen molar-refractivity contribution in [2.75, 3.05) is 6.54 Å². The second kappa shape index (κ2) is 5.85. The lowest BCUT2D eigenvalue weighted by atomic mass is 10.1. The number of fused-ring (bicyclic) bond motifs is 1. The fourth-order valence-electron chi connectivity index (χ4n) is 3.06. The number of carbonyl (C=O) groups is 1. The molecule has 8 heteroatoms. The first kappa shape index (κ1) is 16.4. The first-order valence-electron chi connectivity index (χ1n) is 7.45. The van der Waals surface area contributed by atoms with Gasteiger partial charge in [0.15, 0.2) is 0 Å². The lowest BCUT2D eigenvalue weighted by Crippen LogP contribution is -2.35. The molecule has 0 spiro atoms. The van der Waals surface area contributed by atoms with Crippen LogP contribution in [0.3, 0.4) is 0 Å². The summed E-state index contributed by atoms with van der Waals surface area (Å²) < 4.78 is 41.2. The summed E-state index contributed by atoms with van der Waals surface area (Å²) in [5.74, 6) is 0.587. The number of nitrogens with zero attached hydrogens (tertiary/aromatic N) is 3.